The van der Waals surface area contributed by atoms with Crippen LogP contribution in [0.5, 0.6) is 0 Å². The minimum absolute atomic E-state index is 1.04. The van der Waals surface area contributed by atoms with E-state index < -0.39 is 0 Å². The van der Waals surface area contributed by atoms with Crippen molar-refractivity contribution in [2.75, 3.05) is 0 Å². The molecule has 0 atom stereocenters. The molecule has 2 aromatic rings. The monoisotopic (exact) mass is 229 g/mol. The Bertz CT molecular complexity index is 393. The van der Waals surface area contributed by atoms with E-state index in [-0.39, 0.29) is 0 Å². The Labute approximate surface area is 106 Å². The highest BCUT2D eigenvalue weighted by Gasteiger charge is 1.96. The zero-order valence-corrected chi connectivity index (χ0v) is 11.6. The fourth-order valence-corrected chi connectivity index (χ4v) is 1.31. The number of nitrogens with zero attached hydrogens (tertiary/aromatic N) is 1. The van der Waals surface area contributed by atoms with Crippen molar-refractivity contribution in [3.8, 4) is 11.3 Å². The number of rotatable bonds is 1. The van der Waals surface area contributed by atoms with Crippen LogP contribution in [0.4, 0.5) is 0 Å². The van der Waals surface area contributed by atoms with E-state index in [0.717, 1.165) is 11.4 Å². The molecule has 1 heteroatoms. The molecule has 0 saturated heterocycles. The average molecular weight is 229 g/mol. The van der Waals surface area contributed by atoms with Gasteiger partial charge in [-0.1, -0.05) is 64.1 Å². The minimum atomic E-state index is 1.04. The molecule has 0 fully saturated rings. The van der Waals surface area contributed by atoms with E-state index in [1.807, 2.05) is 71.0 Å². The Balaban J connectivity index is 0.000000581. The molecule has 1 aromatic carbocycles. The van der Waals surface area contributed by atoms with Gasteiger partial charge in [0.25, 0.3) is 0 Å². The van der Waals surface area contributed by atoms with Crippen molar-refractivity contribution in [3.63, 3.8) is 0 Å². The summed E-state index contributed by atoms with van der Waals surface area (Å²) in [6.45, 7) is 10.0. The molecule has 0 radical (unpaired) electrons. The predicted octanol–water partition coefficient (Wildman–Crippen LogP) is 5.11. The first-order chi connectivity index (χ1) is 8.36. The summed E-state index contributed by atoms with van der Waals surface area (Å²) in [7, 11) is 0. The van der Waals surface area contributed by atoms with Gasteiger partial charge in [-0.15, -0.1) is 0 Å². The quantitative estimate of drug-likeness (QED) is 0.662. The van der Waals surface area contributed by atoms with Gasteiger partial charge >= 0.3 is 0 Å². The molecule has 2 rings (SSSR count). The molecule has 0 aliphatic rings. The van der Waals surface area contributed by atoms with Gasteiger partial charge in [0.2, 0.25) is 0 Å². The number of aromatic nitrogens is 1. The number of hydrogen-bond donors (Lipinski definition) is 0. The average Bonchev–Trinajstić information content (AvgIpc) is 2.44. The molecule has 1 heterocycles. The van der Waals surface area contributed by atoms with Gasteiger partial charge in [-0.05, 0) is 19.1 Å². The minimum Gasteiger partial charge on any atom is -0.253 e. The molecule has 0 bridgehead atoms. The SMILES string of the molecule is CC.CC.Cc1cccc(-c2ccccc2)n1. The first-order valence-electron chi connectivity index (χ1n) is 6.35. The van der Waals surface area contributed by atoms with E-state index in [1.54, 1.807) is 0 Å². The van der Waals surface area contributed by atoms with Crippen molar-refractivity contribution in [1.82, 2.24) is 4.98 Å². The molecule has 0 N–H and O–H groups in total. The summed E-state index contributed by atoms with van der Waals surface area (Å²) in [4.78, 5) is 4.44. The summed E-state index contributed by atoms with van der Waals surface area (Å²) in [6, 6.07) is 16.3. The fraction of sp³-hybridized carbons (Fsp3) is 0.312. The number of hydrogen-bond acceptors (Lipinski definition) is 1. The molecular weight excluding hydrogens is 206 g/mol. The third-order valence-electron chi connectivity index (χ3n) is 1.96. The third kappa shape index (κ3) is 5.30. The second-order valence-corrected chi connectivity index (χ2v) is 3.03. The smallest absolute Gasteiger partial charge is 0.0705 e. The van der Waals surface area contributed by atoms with Crippen LogP contribution in [0.2, 0.25) is 0 Å². The van der Waals surface area contributed by atoms with E-state index in [2.05, 4.69) is 17.1 Å². The summed E-state index contributed by atoms with van der Waals surface area (Å²) in [5, 5.41) is 0. The first kappa shape index (κ1) is 15.4. The Morgan fingerprint density at radius 2 is 1.29 bits per heavy atom. The summed E-state index contributed by atoms with van der Waals surface area (Å²) < 4.78 is 0. The maximum atomic E-state index is 4.44. The lowest BCUT2D eigenvalue weighted by molar-refractivity contribution is 1.21. The van der Waals surface area contributed by atoms with Crippen molar-refractivity contribution in [2.45, 2.75) is 34.6 Å². The zero-order chi connectivity index (χ0) is 13.1. The molecule has 0 amide bonds. The van der Waals surface area contributed by atoms with Crippen LogP contribution in [0.25, 0.3) is 11.3 Å². The van der Waals surface area contributed by atoms with E-state index in [4.69, 9.17) is 0 Å². The van der Waals surface area contributed by atoms with Crippen LogP contribution >= 0.6 is 0 Å². The molecule has 0 unspecified atom stereocenters. The first-order valence-corrected chi connectivity index (χ1v) is 6.35. The summed E-state index contributed by atoms with van der Waals surface area (Å²) >= 11 is 0. The van der Waals surface area contributed by atoms with Crippen LogP contribution in [0.1, 0.15) is 33.4 Å². The van der Waals surface area contributed by atoms with Crippen molar-refractivity contribution < 1.29 is 0 Å². The lowest BCUT2D eigenvalue weighted by Crippen LogP contribution is -1.84. The molecule has 1 aromatic heterocycles. The number of benzene rings is 1. The second kappa shape index (κ2) is 9.59. The molecule has 92 valence electrons. The van der Waals surface area contributed by atoms with E-state index in [0.29, 0.717) is 0 Å². The molecule has 0 saturated carbocycles. The highest BCUT2D eigenvalue weighted by Crippen LogP contribution is 2.15. The summed E-state index contributed by atoms with van der Waals surface area (Å²) in [5.74, 6) is 0. The van der Waals surface area contributed by atoms with Gasteiger partial charge in [0.15, 0.2) is 0 Å². The van der Waals surface area contributed by atoms with Gasteiger partial charge in [-0.25, -0.2) is 0 Å². The highest BCUT2D eigenvalue weighted by atomic mass is 14.7. The highest BCUT2D eigenvalue weighted by molar-refractivity contribution is 5.58. The van der Waals surface area contributed by atoms with E-state index in [1.165, 1.54) is 5.56 Å². The van der Waals surface area contributed by atoms with Gasteiger partial charge in [0.1, 0.15) is 0 Å². The molecule has 0 spiro atoms. The molecule has 1 nitrogen and oxygen atoms in total. The van der Waals surface area contributed by atoms with Gasteiger partial charge in [-0.2, -0.15) is 0 Å². The summed E-state index contributed by atoms with van der Waals surface area (Å²) in [5.41, 5.74) is 3.27. The Hall–Kier alpha value is -1.63. The second-order valence-electron chi connectivity index (χ2n) is 3.03. The van der Waals surface area contributed by atoms with E-state index in [9.17, 15) is 0 Å². The number of aryl methyl sites for hydroxylation is 1. The zero-order valence-electron chi connectivity index (χ0n) is 11.6. The van der Waals surface area contributed by atoms with Gasteiger partial charge in [-0.3, -0.25) is 4.98 Å². The Morgan fingerprint density at radius 3 is 1.82 bits per heavy atom. The van der Waals surface area contributed by atoms with Gasteiger partial charge in [0.05, 0.1) is 5.69 Å². The molecule has 0 aliphatic carbocycles. The van der Waals surface area contributed by atoms with Gasteiger partial charge < -0.3 is 0 Å². The van der Waals surface area contributed by atoms with Crippen LogP contribution in [-0.4, -0.2) is 4.98 Å². The third-order valence-corrected chi connectivity index (χ3v) is 1.96. The van der Waals surface area contributed by atoms with Crippen molar-refractivity contribution in [3.05, 3.63) is 54.2 Å². The normalized spacial score (nSPS) is 8.29. The van der Waals surface area contributed by atoms with Crippen molar-refractivity contribution in [2.24, 2.45) is 0 Å². The maximum Gasteiger partial charge on any atom is 0.0705 e. The lowest BCUT2D eigenvalue weighted by Gasteiger charge is -2.00. The van der Waals surface area contributed by atoms with Crippen LogP contribution in [0.15, 0.2) is 48.5 Å². The van der Waals surface area contributed by atoms with Crippen LogP contribution in [-0.2, 0) is 0 Å². The topological polar surface area (TPSA) is 12.9 Å². The van der Waals surface area contributed by atoms with Gasteiger partial charge in [0, 0.05) is 11.3 Å². The lowest BCUT2D eigenvalue weighted by atomic mass is 10.1. The largest absolute Gasteiger partial charge is 0.253 e. The van der Waals surface area contributed by atoms with Crippen molar-refractivity contribution >= 4 is 0 Å². The van der Waals surface area contributed by atoms with E-state index >= 15 is 0 Å². The molecule has 0 aliphatic heterocycles. The summed E-state index contributed by atoms with van der Waals surface area (Å²) in [6.07, 6.45) is 0. The number of pyridine rings is 1. The molecule has 17 heavy (non-hydrogen) atoms. The standard InChI is InChI=1S/C12H11N.2C2H6/c1-10-6-5-9-12(13-10)11-7-3-2-4-8-11;2*1-2/h2-9H,1H3;2*1-2H3. The fourth-order valence-electron chi connectivity index (χ4n) is 1.31. The van der Waals surface area contributed by atoms with Crippen LogP contribution < -0.4 is 0 Å². The molecular formula is C16H23N. The van der Waals surface area contributed by atoms with Crippen LogP contribution in [0.3, 0.4) is 0 Å². The maximum absolute atomic E-state index is 4.44. The van der Waals surface area contributed by atoms with Crippen molar-refractivity contribution in [1.29, 1.82) is 0 Å². The Morgan fingerprint density at radius 1 is 0.706 bits per heavy atom. The Kier molecular flexibility index (Phi) is 8.67. The van der Waals surface area contributed by atoms with Crippen LogP contribution in [0, 0.1) is 6.92 Å². The predicted molar refractivity (Wildman–Crippen MR) is 77.1 cm³/mol.